The van der Waals surface area contributed by atoms with Gasteiger partial charge in [0.15, 0.2) is 0 Å². The zero-order valence-corrected chi connectivity index (χ0v) is 24.8. The third-order valence-corrected chi connectivity index (χ3v) is 8.13. The van der Waals surface area contributed by atoms with E-state index >= 15 is 0 Å². The average molecular weight is 572 g/mol. The molecule has 0 aliphatic heterocycles. The summed E-state index contributed by atoms with van der Waals surface area (Å²) in [7, 11) is 0. The fourth-order valence-corrected chi connectivity index (χ4v) is 5.70. The fraction of sp³-hybridized carbons (Fsp3) is 0.355. The quantitative estimate of drug-likeness (QED) is 0.247. The van der Waals surface area contributed by atoms with Crippen molar-refractivity contribution in [3.8, 4) is 0 Å². The number of amides is 2. The van der Waals surface area contributed by atoms with Gasteiger partial charge in [0.2, 0.25) is 11.8 Å². The van der Waals surface area contributed by atoms with Crippen LogP contribution in [0, 0.1) is 13.8 Å². The van der Waals surface area contributed by atoms with Crippen molar-refractivity contribution < 1.29 is 9.59 Å². The Morgan fingerprint density at radius 1 is 0.921 bits per heavy atom. The van der Waals surface area contributed by atoms with Crippen molar-refractivity contribution in [1.29, 1.82) is 0 Å². The van der Waals surface area contributed by atoms with Crippen LogP contribution < -0.4 is 5.32 Å². The van der Waals surface area contributed by atoms with E-state index < -0.39 is 6.04 Å². The van der Waals surface area contributed by atoms with Crippen LogP contribution in [0.4, 0.5) is 0 Å². The highest BCUT2D eigenvalue weighted by Crippen LogP contribution is 2.28. The number of nitrogens with one attached hydrogen (secondary N) is 1. The van der Waals surface area contributed by atoms with Crippen LogP contribution in [0.1, 0.15) is 48.1 Å². The van der Waals surface area contributed by atoms with Crippen LogP contribution in [0.3, 0.4) is 0 Å². The van der Waals surface area contributed by atoms with Crippen LogP contribution in [0.15, 0.2) is 66.7 Å². The van der Waals surface area contributed by atoms with Crippen molar-refractivity contribution in [2.24, 2.45) is 0 Å². The molecule has 0 bridgehead atoms. The molecular formula is C31H36Cl2N2O2S. The first-order chi connectivity index (χ1) is 18.2. The van der Waals surface area contributed by atoms with Crippen LogP contribution in [-0.4, -0.2) is 34.6 Å². The van der Waals surface area contributed by atoms with Gasteiger partial charge in [-0.1, -0.05) is 95.8 Å². The molecule has 0 saturated heterocycles. The lowest BCUT2D eigenvalue weighted by Crippen LogP contribution is -2.52. The van der Waals surface area contributed by atoms with Crippen LogP contribution >= 0.6 is 35.0 Å². The molecule has 4 nitrogen and oxygen atoms in total. The number of thioether (sulfide) groups is 1. The second kappa shape index (κ2) is 14.6. The topological polar surface area (TPSA) is 49.4 Å². The summed E-state index contributed by atoms with van der Waals surface area (Å²) in [5.41, 5.74) is 5.19. The van der Waals surface area contributed by atoms with Gasteiger partial charge in [-0.15, -0.1) is 11.8 Å². The summed E-state index contributed by atoms with van der Waals surface area (Å²) in [6.45, 7) is 8.28. The maximum atomic E-state index is 13.8. The summed E-state index contributed by atoms with van der Waals surface area (Å²) in [6, 6.07) is 20.8. The first-order valence-electron chi connectivity index (χ1n) is 12.9. The number of aryl methyl sites for hydroxylation is 2. The van der Waals surface area contributed by atoms with Crippen molar-refractivity contribution in [3.05, 3.63) is 105 Å². The summed E-state index contributed by atoms with van der Waals surface area (Å²) in [6.07, 6.45) is 1.18. The van der Waals surface area contributed by atoms with Crippen LogP contribution in [-0.2, 0) is 28.3 Å². The number of hydrogen-bond donors (Lipinski definition) is 1. The second-order valence-electron chi connectivity index (χ2n) is 9.73. The first-order valence-corrected chi connectivity index (χ1v) is 14.8. The number of benzene rings is 3. The highest BCUT2D eigenvalue weighted by molar-refractivity contribution is 7.99. The fourth-order valence-electron chi connectivity index (χ4n) is 4.34. The third kappa shape index (κ3) is 8.79. The molecular weight excluding hydrogens is 535 g/mol. The number of carbonyl (C=O) groups is 2. The largest absolute Gasteiger partial charge is 0.352 e. The molecule has 7 heteroatoms. The van der Waals surface area contributed by atoms with Crippen molar-refractivity contribution in [2.75, 3.05) is 5.75 Å². The highest BCUT2D eigenvalue weighted by Gasteiger charge is 2.31. The molecule has 0 aromatic heterocycles. The molecule has 0 fully saturated rings. The molecule has 2 atom stereocenters. The number of carbonyl (C=O) groups excluding carboxylic acids is 2. The summed E-state index contributed by atoms with van der Waals surface area (Å²) in [5, 5.41) is 4.03. The van der Waals surface area contributed by atoms with E-state index in [1.54, 1.807) is 34.9 Å². The molecule has 0 spiro atoms. The van der Waals surface area contributed by atoms with E-state index in [-0.39, 0.29) is 30.2 Å². The first kappa shape index (κ1) is 30.1. The lowest BCUT2D eigenvalue weighted by Gasteiger charge is -2.32. The van der Waals surface area contributed by atoms with Crippen molar-refractivity contribution in [3.63, 3.8) is 0 Å². The maximum absolute atomic E-state index is 13.8. The van der Waals surface area contributed by atoms with Gasteiger partial charge in [0.25, 0.3) is 0 Å². The monoisotopic (exact) mass is 570 g/mol. The maximum Gasteiger partial charge on any atom is 0.243 e. The zero-order chi connectivity index (χ0) is 27.7. The molecule has 2 amide bonds. The molecule has 0 radical (unpaired) electrons. The Hall–Kier alpha value is -2.47. The SMILES string of the molecule is CC[C@H](C)NC(=O)[C@H](Cc1ccccc1)N(Cc1c(Cl)cccc1Cl)C(=O)CSCc1cc(C)cc(C)c1. The van der Waals surface area contributed by atoms with Gasteiger partial charge in [-0.25, -0.2) is 0 Å². The number of halogens is 2. The lowest BCUT2D eigenvalue weighted by atomic mass is 10.0. The molecule has 3 rings (SSSR count). The van der Waals surface area contributed by atoms with Crippen molar-refractivity contribution in [1.82, 2.24) is 10.2 Å². The summed E-state index contributed by atoms with van der Waals surface area (Å²) < 4.78 is 0. The number of nitrogens with zero attached hydrogens (tertiary/aromatic N) is 1. The molecule has 1 N–H and O–H groups in total. The third-order valence-electron chi connectivity index (χ3n) is 6.44. The van der Waals surface area contributed by atoms with Crippen molar-refractivity contribution >= 4 is 46.8 Å². The zero-order valence-electron chi connectivity index (χ0n) is 22.5. The Morgan fingerprint density at radius 2 is 1.55 bits per heavy atom. The van der Waals surface area contributed by atoms with E-state index in [4.69, 9.17) is 23.2 Å². The van der Waals surface area contributed by atoms with Gasteiger partial charge in [0.05, 0.1) is 5.75 Å². The van der Waals surface area contributed by atoms with Gasteiger partial charge in [-0.3, -0.25) is 9.59 Å². The molecule has 0 unspecified atom stereocenters. The highest BCUT2D eigenvalue weighted by atomic mass is 35.5. The molecule has 202 valence electrons. The molecule has 3 aromatic carbocycles. The van der Waals surface area contributed by atoms with Crippen LogP contribution in [0.25, 0.3) is 0 Å². The predicted octanol–water partition coefficient (Wildman–Crippen LogP) is 7.40. The van der Waals surface area contributed by atoms with E-state index in [9.17, 15) is 9.59 Å². The molecule has 0 heterocycles. The Morgan fingerprint density at radius 3 is 2.16 bits per heavy atom. The molecule has 0 aliphatic carbocycles. The van der Waals surface area contributed by atoms with E-state index in [1.165, 1.54) is 16.7 Å². The van der Waals surface area contributed by atoms with E-state index in [1.807, 2.05) is 44.2 Å². The Bertz CT molecular complexity index is 1200. The minimum absolute atomic E-state index is 0.0134. The van der Waals surface area contributed by atoms with E-state index in [2.05, 4.69) is 37.4 Å². The van der Waals surface area contributed by atoms with Crippen LogP contribution in [0.5, 0.6) is 0 Å². The van der Waals surface area contributed by atoms with E-state index in [0.717, 1.165) is 12.0 Å². The molecule has 0 saturated carbocycles. The van der Waals surface area contributed by atoms with Gasteiger partial charge < -0.3 is 10.2 Å². The predicted molar refractivity (Wildman–Crippen MR) is 161 cm³/mol. The summed E-state index contributed by atoms with van der Waals surface area (Å²) in [5.74, 6) is 0.628. The van der Waals surface area contributed by atoms with Gasteiger partial charge >= 0.3 is 0 Å². The standard InChI is InChI=1S/C31H36Cl2N2O2S/c1-5-23(4)34-31(37)29(17-24-10-7-6-8-11-24)35(18-26-27(32)12-9-13-28(26)33)30(36)20-38-19-25-15-21(2)14-22(3)16-25/h6-16,23,29H,5,17-20H2,1-4H3,(H,34,37)/t23-,29-/m0/s1. The van der Waals surface area contributed by atoms with E-state index in [0.29, 0.717) is 27.8 Å². The van der Waals surface area contributed by atoms with Gasteiger partial charge in [0, 0.05) is 40.4 Å². The Labute approximate surface area is 241 Å². The van der Waals surface area contributed by atoms with Gasteiger partial charge in [-0.2, -0.15) is 0 Å². The second-order valence-corrected chi connectivity index (χ2v) is 11.5. The summed E-state index contributed by atoms with van der Waals surface area (Å²) >= 11 is 14.6. The number of hydrogen-bond acceptors (Lipinski definition) is 3. The Kier molecular flexibility index (Phi) is 11.6. The summed E-state index contributed by atoms with van der Waals surface area (Å²) in [4.78, 5) is 29.1. The molecule has 3 aromatic rings. The smallest absolute Gasteiger partial charge is 0.243 e. The van der Waals surface area contributed by atoms with Crippen LogP contribution in [0.2, 0.25) is 10.0 Å². The minimum atomic E-state index is -0.715. The molecule has 0 aliphatic rings. The van der Waals surface area contributed by atoms with Crippen molar-refractivity contribution in [2.45, 2.75) is 64.9 Å². The van der Waals surface area contributed by atoms with Gasteiger partial charge in [0.1, 0.15) is 6.04 Å². The van der Waals surface area contributed by atoms with Gasteiger partial charge in [-0.05, 0) is 50.5 Å². The lowest BCUT2D eigenvalue weighted by molar-refractivity contribution is -0.139. The molecule has 38 heavy (non-hydrogen) atoms. The minimum Gasteiger partial charge on any atom is -0.352 e. The normalized spacial score (nSPS) is 12.6. The Balaban J connectivity index is 1.91. The number of rotatable bonds is 12. The average Bonchev–Trinajstić information content (AvgIpc) is 2.87.